The summed E-state index contributed by atoms with van der Waals surface area (Å²) in [6.45, 7) is 6.09. The summed E-state index contributed by atoms with van der Waals surface area (Å²) in [4.78, 5) is 0. The van der Waals surface area contributed by atoms with Gasteiger partial charge in [0.2, 0.25) is 0 Å². The second-order valence-corrected chi connectivity index (χ2v) is 3.73. The fourth-order valence-corrected chi connectivity index (χ4v) is 1.38. The Morgan fingerprint density at radius 1 is 1.14 bits per heavy atom. The van der Waals surface area contributed by atoms with Crippen LogP contribution in [0, 0.1) is 5.92 Å². The van der Waals surface area contributed by atoms with E-state index in [0.717, 1.165) is 19.3 Å². The predicted octanol–water partition coefficient (Wildman–Crippen LogP) is 1.84. The lowest BCUT2D eigenvalue weighted by Gasteiger charge is -2.17. The average Bonchev–Trinajstić information content (AvgIpc) is 2.17. The molecule has 0 aliphatic rings. The molecule has 0 aliphatic carbocycles. The van der Waals surface area contributed by atoms with Crippen molar-refractivity contribution in [1.82, 2.24) is 0 Å². The van der Waals surface area contributed by atoms with Gasteiger partial charge >= 0.3 is 0 Å². The molecule has 0 aromatic heterocycles. The molecule has 0 aromatic carbocycles. The number of methoxy groups -OCH3 is 1. The first-order valence-electron chi connectivity index (χ1n) is 5.47. The zero-order chi connectivity index (χ0) is 10.8. The molecule has 0 saturated heterocycles. The third kappa shape index (κ3) is 7.30. The summed E-state index contributed by atoms with van der Waals surface area (Å²) in [5, 5.41) is 9.69. The smallest absolute Gasteiger partial charge is 0.0700 e. The monoisotopic (exact) mass is 204 g/mol. The van der Waals surface area contributed by atoms with Gasteiger partial charge in [0, 0.05) is 13.7 Å². The third-order valence-electron chi connectivity index (χ3n) is 2.39. The zero-order valence-corrected chi connectivity index (χ0v) is 9.66. The van der Waals surface area contributed by atoms with Crippen molar-refractivity contribution in [3.63, 3.8) is 0 Å². The Balaban J connectivity index is 3.29. The highest BCUT2D eigenvalue weighted by molar-refractivity contribution is 4.63. The molecule has 0 saturated carbocycles. The summed E-state index contributed by atoms with van der Waals surface area (Å²) >= 11 is 0. The molecule has 0 radical (unpaired) electrons. The maximum Gasteiger partial charge on any atom is 0.0700 e. The number of hydrogen-bond donors (Lipinski definition) is 1. The Morgan fingerprint density at radius 2 is 1.86 bits per heavy atom. The first kappa shape index (κ1) is 13.9. The fourth-order valence-electron chi connectivity index (χ4n) is 1.38. The maximum absolute atomic E-state index is 9.69. The van der Waals surface area contributed by atoms with Crippen LogP contribution in [0.1, 0.15) is 33.1 Å². The molecular formula is C11H24O3. The van der Waals surface area contributed by atoms with Crippen molar-refractivity contribution in [2.75, 3.05) is 26.9 Å². The largest absolute Gasteiger partial charge is 0.393 e. The molecular weight excluding hydrogens is 180 g/mol. The van der Waals surface area contributed by atoms with Crippen molar-refractivity contribution in [1.29, 1.82) is 0 Å². The highest BCUT2D eigenvalue weighted by atomic mass is 16.5. The van der Waals surface area contributed by atoms with Crippen LogP contribution in [0.25, 0.3) is 0 Å². The van der Waals surface area contributed by atoms with Crippen molar-refractivity contribution < 1.29 is 14.6 Å². The quantitative estimate of drug-likeness (QED) is 0.582. The van der Waals surface area contributed by atoms with Gasteiger partial charge in [-0.2, -0.15) is 0 Å². The van der Waals surface area contributed by atoms with Crippen molar-refractivity contribution in [3.8, 4) is 0 Å². The van der Waals surface area contributed by atoms with Gasteiger partial charge in [0.25, 0.3) is 0 Å². The number of aliphatic hydroxyl groups is 1. The van der Waals surface area contributed by atoms with E-state index in [9.17, 15) is 5.11 Å². The number of rotatable bonds is 9. The van der Waals surface area contributed by atoms with E-state index in [0.29, 0.717) is 25.7 Å². The molecule has 2 atom stereocenters. The topological polar surface area (TPSA) is 38.7 Å². The number of aliphatic hydroxyl groups excluding tert-OH is 1. The highest BCUT2D eigenvalue weighted by Crippen LogP contribution is 2.13. The van der Waals surface area contributed by atoms with E-state index in [-0.39, 0.29) is 6.10 Å². The van der Waals surface area contributed by atoms with Crippen LogP contribution in [0.2, 0.25) is 0 Å². The average molecular weight is 204 g/mol. The number of ether oxygens (including phenoxy) is 2. The molecule has 3 heteroatoms. The van der Waals surface area contributed by atoms with E-state index in [1.165, 1.54) is 0 Å². The minimum absolute atomic E-state index is 0.225. The molecule has 0 bridgehead atoms. The van der Waals surface area contributed by atoms with E-state index in [1.54, 1.807) is 7.11 Å². The molecule has 3 nitrogen and oxygen atoms in total. The lowest BCUT2D eigenvalue weighted by Crippen LogP contribution is -2.20. The van der Waals surface area contributed by atoms with Gasteiger partial charge in [-0.1, -0.05) is 20.3 Å². The third-order valence-corrected chi connectivity index (χ3v) is 2.39. The molecule has 0 aromatic rings. The van der Waals surface area contributed by atoms with E-state index in [1.807, 2.05) is 0 Å². The molecule has 0 amide bonds. The number of hydrogen-bond acceptors (Lipinski definition) is 3. The van der Waals surface area contributed by atoms with Crippen molar-refractivity contribution in [3.05, 3.63) is 0 Å². The Hall–Kier alpha value is -0.120. The molecule has 14 heavy (non-hydrogen) atoms. The van der Waals surface area contributed by atoms with Gasteiger partial charge in [0.05, 0.1) is 19.3 Å². The van der Waals surface area contributed by atoms with Gasteiger partial charge < -0.3 is 14.6 Å². The van der Waals surface area contributed by atoms with Gasteiger partial charge in [-0.05, 0) is 18.8 Å². The first-order valence-corrected chi connectivity index (χ1v) is 5.47. The Labute approximate surface area is 87.4 Å². The fraction of sp³-hybridized carbons (Fsp3) is 1.00. The summed E-state index contributed by atoms with van der Waals surface area (Å²) in [5.41, 5.74) is 0. The molecule has 2 unspecified atom stereocenters. The van der Waals surface area contributed by atoms with E-state index in [2.05, 4.69) is 13.8 Å². The lowest BCUT2D eigenvalue weighted by molar-refractivity contribution is 0.0322. The van der Waals surface area contributed by atoms with Crippen LogP contribution in [0.5, 0.6) is 0 Å². The molecule has 0 aliphatic heterocycles. The minimum atomic E-state index is -0.225. The van der Waals surface area contributed by atoms with Gasteiger partial charge in [-0.15, -0.1) is 0 Å². The maximum atomic E-state index is 9.69. The predicted molar refractivity (Wildman–Crippen MR) is 57.4 cm³/mol. The van der Waals surface area contributed by atoms with Gasteiger partial charge in [-0.25, -0.2) is 0 Å². The van der Waals surface area contributed by atoms with E-state index < -0.39 is 0 Å². The molecule has 0 spiro atoms. The minimum Gasteiger partial charge on any atom is -0.393 e. The molecule has 0 fully saturated rings. The van der Waals surface area contributed by atoms with Gasteiger partial charge in [-0.3, -0.25) is 0 Å². The van der Waals surface area contributed by atoms with Crippen molar-refractivity contribution in [2.24, 2.45) is 5.92 Å². The first-order chi connectivity index (χ1) is 6.72. The van der Waals surface area contributed by atoms with Crippen LogP contribution in [-0.2, 0) is 9.47 Å². The van der Waals surface area contributed by atoms with Crippen LogP contribution in [0.4, 0.5) is 0 Å². The summed E-state index contributed by atoms with van der Waals surface area (Å²) in [6.07, 6.45) is 2.71. The van der Waals surface area contributed by atoms with Crippen LogP contribution in [0.3, 0.4) is 0 Å². The summed E-state index contributed by atoms with van der Waals surface area (Å²) in [7, 11) is 1.65. The van der Waals surface area contributed by atoms with E-state index in [4.69, 9.17) is 9.47 Å². The SMILES string of the molecule is CCCC(C)C(O)CCOCCOC. The van der Waals surface area contributed by atoms with Crippen LogP contribution in [-0.4, -0.2) is 38.1 Å². The van der Waals surface area contributed by atoms with Crippen molar-refractivity contribution in [2.45, 2.75) is 39.2 Å². The van der Waals surface area contributed by atoms with Crippen LogP contribution >= 0.6 is 0 Å². The Kier molecular flexibility index (Phi) is 9.35. The van der Waals surface area contributed by atoms with Crippen LogP contribution in [0.15, 0.2) is 0 Å². The Bertz CT molecular complexity index is 117. The van der Waals surface area contributed by atoms with Gasteiger partial charge in [0.15, 0.2) is 0 Å². The standard InChI is InChI=1S/C11H24O3/c1-4-5-10(2)11(12)6-7-14-9-8-13-3/h10-12H,4-9H2,1-3H3. The molecule has 0 heterocycles. The zero-order valence-electron chi connectivity index (χ0n) is 9.66. The highest BCUT2D eigenvalue weighted by Gasteiger charge is 2.12. The summed E-state index contributed by atoms with van der Waals surface area (Å²) < 4.78 is 10.1. The lowest BCUT2D eigenvalue weighted by atomic mass is 9.97. The van der Waals surface area contributed by atoms with Crippen molar-refractivity contribution >= 4 is 0 Å². The second-order valence-electron chi connectivity index (χ2n) is 3.73. The normalized spacial score (nSPS) is 15.4. The van der Waals surface area contributed by atoms with Gasteiger partial charge in [0.1, 0.15) is 0 Å². The summed E-state index contributed by atoms with van der Waals surface area (Å²) in [5.74, 6) is 0.381. The molecule has 86 valence electrons. The van der Waals surface area contributed by atoms with Crippen LogP contribution < -0.4 is 0 Å². The Morgan fingerprint density at radius 3 is 2.43 bits per heavy atom. The molecule has 0 rings (SSSR count). The second kappa shape index (κ2) is 9.44. The molecule has 1 N–H and O–H groups in total. The van der Waals surface area contributed by atoms with E-state index >= 15 is 0 Å². The summed E-state index contributed by atoms with van der Waals surface area (Å²) in [6, 6.07) is 0.